The Morgan fingerprint density at radius 3 is 3.11 bits per heavy atom. The fourth-order valence-electron chi connectivity index (χ4n) is 0.281. The molecule has 0 aliphatic carbocycles. The standard InChI is InChI=1S/C3H8B2N2O2/c1-5(9)7-3-6-2-4-8/h2,7,9H,3H2,1H3. The first-order valence-electron chi connectivity index (χ1n) is 2.62. The molecule has 2 N–H and O–H groups in total. The van der Waals surface area contributed by atoms with Crippen LogP contribution in [-0.2, 0) is 4.70 Å². The summed E-state index contributed by atoms with van der Waals surface area (Å²) < 4.78 is 9.61. The van der Waals surface area contributed by atoms with Crippen LogP contribution in [0.5, 0.6) is 0 Å². The van der Waals surface area contributed by atoms with E-state index in [1.165, 1.54) is 0 Å². The van der Waals surface area contributed by atoms with Gasteiger partial charge in [0.15, 0.2) is 0 Å². The molecule has 0 radical (unpaired) electrons. The van der Waals surface area contributed by atoms with Gasteiger partial charge in [-0.1, -0.05) is 0 Å². The quantitative estimate of drug-likeness (QED) is 0.364. The minimum atomic E-state index is -0.575. The molecule has 0 heterocycles. The van der Waals surface area contributed by atoms with Gasteiger partial charge in [-0.3, -0.25) is 0 Å². The topological polar surface area (TPSA) is 61.7 Å². The number of nitrogens with one attached hydrogen (secondary N) is 1. The van der Waals surface area contributed by atoms with Crippen molar-refractivity contribution < 1.29 is 9.73 Å². The third kappa shape index (κ3) is 7.52. The van der Waals surface area contributed by atoms with Crippen molar-refractivity contribution in [2.45, 2.75) is 6.82 Å². The number of rotatable bonds is 4. The van der Waals surface area contributed by atoms with Gasteiger partial charge in [-0.05, 0) is 0 Å². The Morgan fingerprint density at radius 1 is 2.00 bits per heavy atom. The zero-order valence-electron chi connectivity index (χ0n) is 5.24. The molecule has 9 heavy (non-hydrogen) atoms. The molecule has 0 aliphatic rings. The SMILES string of the molecule is CB(O)NCN=CB=O. The first-order valence-corrected chi connectivity index (χ1v) is 2.62. The van der Waals surface area contributed by atoms with Crippen LogP contribution in [0.3, 0.4) is 0 Å². The number of nitrogens with zero attached hydrogens (tertiary/aromatic N) is 1. The van der Waals surface area contributed by atoms with Gasteiger partial charge in [0.05, 0.1) is 0 Å². The van der Waals surface area contributed by atoms with Crippen LogP contribution < -0.4 is 5.23 Å². The zero-order chi connectivity index (χ0) is 7.11. The normalized spacial score (nSPS) is 9.56. The van der Waals surface area contributed by atoms with Crippen LogP contribution in [0.15, 0.2) is 4.99 Å². The van der Waals surface area contributed by atoms with Gasteiger partial charge in [0.2, 0.25) is 0 Å². The first kappa shape index (κ1) is 8.52. The number of aliphatic imine (C=N–C) groups is 1. The maximum absolute atomic E-state index is 9.61. The average Bonchev–Trinajstić information content (AvgIpc) is 1.80. The molecular formula is C3H8B2N2O2. The molecular weight excluding hydrogens is 118 g/mol. The van der Waals surface area contributed by atoms with Crippen LogP contribution in [0.25, 0.3) is 0 Å². The van der Waals surface area contributed by atoms with Gasteiger partial charge in [0.25, 0.3) is 0 Å². The molecule has 0 aromatic heterocycles. The van der Waals surface area contributed by atoms with Gasteiger partial charge in [-0.25, -0.2) is 0 Å². The number of hydrogen-bond acceptors (Lipinski definition) is 4. The summed E-state index contributed by atoms with van der Waals surface area (Å²) in [5, 5.41) is 11.2. The predicted octanol–water partition coefficient (Wildman–Crippen LogP) is -1.28. The van der Waals surface area contributed by atoms with E-state index in [0.717, 1.165) is 6.11 Å². The fraction of sp³-hybridized carbons (Fsp3) is 0.667. The third-order valence-electron chi connectivity index (χ3n) is 0.644. The molecule has 0 bridgehead atoms. The summed E-state index contributed by atoms with van der Waals surface area (Å²) in [6.07, 6.45) is 1.13. The van der Waals surface area contributed by atoms with Crippen molar-refractivity contribution in [2.24, 2.45) is 4.99 Å². The van der Waals surface area contributed by atoms with Gasteiger partial charge >= 0.3 is 53.8 Å². The molecule has 0 aromatic carbocycles. The summed E-state index contributed by atoms with van der Waals surface area (Å²) in [4.78, 5) is 3.57. The van der Waals surface area contributed by atoms with E-state index < -0.39 is 7.05 Å². The second kappa shape index (κ2) is 5.65. The molecule has 0 saturated heterocycles. The summed E-state index contributed by atoms with van der Waals surface area (Å²) in [6, 6.07) is 0. The van der Waals surface area contributed by atoms with Gasteiger partial charge in [-0.15, -0.1) is 0 Å². The molecule has 48 valence electrons. The summed E-state index contributed by atoms with van der Waals surface area (Å²) in [5.41, 5.74) is 0. The van der Waals surface area contributed by atoms with Crippen LogP contribution in [-0.4, -0.2) is 32.0 Å². The minimum absolute atomic E-state index is 0.274. The Kier molecular flexibility index (Phi) is 5.35. The van der Waals surface area contributed by atoms with E-state index >= 15 is 0 Å². The zero-order valence-corrected chi connectivity index (χ0v) is 5.24. The average molecular weight is 126 g/mol. The van der Waals surface area contributed by atoms with Gasteiger partial charge in [0, 0.05) is 0 Å². The molecule has 6 heteroatoms. The fourth-order valence-corrected chi connectivity index (χ4v) is 0.281. The van der Waals surface area contributed by atoms with Gasteiger partial charge < -0.3 is 0 Å². The molecule has 0 fully saturated rings. The van der Waals surface area contributed by atoms with Crippen LogP contribution in [0.4, 0.5) is 0 Å². The van der Waals surface area contributed by atoms with Crippen molar-refractivity contribution in [1.29, 1.82) is 0 Å². The molecule has 0 aliphatic heterocycles. The molecule has 0 atom stereocenters. The molecule has 0 saturated carbocycles. The van der Waals surface area contributed by atoms with E-state index in [4.69, 9.17) is 5.02 Å². The van der Waals surface area contributed by atoms with E-state index in [1.807, 2.05) is 0 Å². The maximum atomic E-state index is 9.61. The van der Waals surface area contributed by atoms with E-state index in [1.54, 1.807) is 6.82 Å². The summed E-state index contributed by atoms with van der Waals surface area (Å²) in [7, 11) is 0.0118. The monoisotopic (exact) mass is 126 g/mol. The summed E-state index contributed by atoms with van der Waals surface area (Å²) >= 11 is 0. The second-order valence-electron chi connectivity index (χ2n) is 1.51. The molecule has 0 amide bonds. The molecule has 0 spiro atoms. The van der Waals surface area contributed by atoms with E-state index in [0.29, 0.717) is 7.15 Å². The van der Waals surface area contributed by atoms with Crippen molar-refractivity contribution in [2.75, 3.05) is 6.67 Å². The Morgan fingerprint density at radius 2 is 2.67 bits per heavy atom. The second-order valence-corrected chi connectivity index (χ2v) is 1.51. The Hall–Kier alpha value is -0.480. The van der Waals surface area contributed by atoms with Crippen LogP contribution in [0.2, 0.25) is 6.82 Å². The Bertz CT molecular complexity index is 106. The van der Waals surface area contributed by atoms with Crippen LogP contribution in [0.1, 0.15) is 0 Å². The predicted molar refractivity (Wildman–Crippen MR) is 36.8 cm³/mol. The Labute approximate surface area is 54.8 Å². The van der Waals surface area contributed by atoms with E-state index in [2.05, 4.69) is 10.2 Å². The van der Waals surface area contributed by atoms with Crippen molar-refractivity contribution in [1.82, 2.24) is 5.23 Å². The van der Waals surface area contributed by atoms with Gasteiger partial charge in [0.1, 0.15) is 0 Å². The molecule has 4 nitrogen and oxygen atoms in total. The van der Waals surface area contributed by atoms with Crippen molar-refractivity contribution in [3.8, 4) is 0 Å². The third-order valence-corrected chi connectivity index (χ3v) is 0.644. The van der Waals surface area contributed by atoms with Crippen molar-refractivity contribution in [3.05, 3.63) is 0 Å². The van der Waals surface area contributed by atoms with E-state index in [-0.39, 0.29) is 6.67 Å². The van der Waals surface area contributed by atoms with Crippen molar-refractivity contribution >= 4 is 20.3 Å². The van der Waals surface area contributed by atoms with Crippen molar-refractivity contribution in [3.63, 3.8) is 0 Å². The first-order chi connectivity index (χ1) is 4.27. The number of hydrogen-bond donors (Lipinski definition) is 2. The van der Waals surface area contributed by atoms with Crippen LogP contribution >= 0.6 is 0 Å². The Balaban J connectivity index is 3.08. The molecule has 0 unspecified atom stereocenters. The molecule has 0 rings (SSSR count). The van der Waals surface area contributed by atoms with Crippen LogP contribution in [0, 0.1) is 0 Å². The van der Waals surface area contributed by atoms with Gasteiger partial charge in [-0.2, -0.15) is 0 Å². The summed E-state index contributed by atoms with van der Waals surface area (Å²) in [5.74, 6) is 0. The van der Waals surface area contributed by atoms with E-state index in [9.17, 15) is 4.70 Å². The molecule has 0 aromatic rings. The summed E-state index contributed by atoms with van der Waals surface area (Å²) in [6.45, 7) is 1.85.